The molecular formula is C16H26N2OS. The van der Waals surface area contributed by atoms with Crippen molar-refractivity contribution in [2.45, 2.75) is 56.2 Å². The number of nitrogens with two attached hydrogens (primary N) is 1. The van der Waals surface area contributed by atoms with E-state index in [2.05, 4.69) is 33.0 Å². The number of amides is 1. The SMILES string of the molecule is CCC(N)(CC)CNC(=O)c1ccccc1SC(C)C. The lowest BCUT2D eigenvalue weighted by Crippen LogP contribution is -2.49. The summed E-state index contributed by atoms with van der Waals surface area (Å²) < 4.78 is 0. The van der Waals surface area contributed by atoms with Crippen molar-refractivity contribution >= 4 is 17.7 Å². The molecule has 0 unspecified atom stereocenters. The van der Waals surface area contributed by atoms with Crippen molar-refractivity contribution in [1.29, 1.82) is 0 Å². The summed E-state index contributed by atoms with van der Waals surface area (Å²) in [6.45, 7) is 8.87. The van der Waals surface area contributed by atoms with Gasteiger partial charge in [0.2, 0.25) is 0 Å². The van der Waals surface area contributed by atoms with Gasteiger partial charge in [0.15, 0.2) is 0 Å². The fourth-order valence-electron chi connectivity index (χ4n) is 1.86. The summed E-state index contributed by atoms with van der Waals surface area (Å²) in [5.74, 6) is -0.0366. The minimum absolute atomic E-state index is 0.0366. The molecule has 112 valence electrons. The maximum Gasteiger partial charge on any atom is 0.252 e. The summed E-state index contributed by atoms with van der Waals surface area (Å²) in [4.78, 5) is 13.4. The largest absolute Gasteiger partial charge is 0.350 e. The third kappa shape index (κ3) is 4.84. The van der Waals surface area contributed by atoms with Crippen LogP contribution in [0, 0.1) is 0 Å². The summed E-state index contributed by atoms with van der Waals surface area (Å²) in [5, 5.41) is 3.43. The van der Waals surface area contributed by atoms with Crippen LogP contribution in [0.4, 0.5) is 0 Å². The molecular weight excluding hydrogens is 268 g/mol. The summed E-state index contributed by atoms with van der Waals surface area (Å²) in [7, 11) is 0. The Balaban J connectivity index is 2.77. The van der Waals surface area contributed by atoms with Gasteiger partial charge < -0.3 is 11.1 Å². The van der Waals surface area contributed by atoms with E-state index in [0.29, 0.717) is 11.8 Å². The van der Waals surface area contributed by atoms with Gasteiger partial charge in [-0.25, -0.2) is 0 Å². The smallest absolute Gasteiger partial charge is 0.252 e. The van der Waals surface area contributed by atoms with E-state index in [1.54, 1.807) is 11.8 Å². The van der Waals surface area contributed by atoms with Crippen molar-refractivity contribution in [3.05, 3.63) is 29.8 Å². The van der Waals surface area contributed by atoms with Crippen LogP contribution in [0.2, 0.25) is 0 Å². The molecule has 1 aromatic carbocycles. The summed E-state index contributed by atoms with van der Waals surface area (Å²) in [5.41, 5.74) is 6.65. The highest BCUT2D eigenvalue weighted by atomic mass is 32.2. The van der Waals surface area contributed by atoms with Crippen LogP contribution >= 0.6 is 11.8 Å². The van der Waals surface area contributed by atoms with Gasteiger partial charge in [0.25, 0.3) is 5.91 Å². The van der Waals surface area contributed by atoms with Crippen LogP contribution < -0.4 is 11.1 Å². The van der Waals surface area contributed by atoms with Crippen LogP contribution in [0.3, 0.4) is 0 Å². The Bertz CT molecular complexity index is 442. The number of benzene rings is 1. The summed E-state index contributed by atoms with van der Waals surface area (Å²) in [6.07, 6.45) is 1.71. The van der Waals surface area contributed by atoms with Gasteiger partial charge in [-0.15, -0.1) is 11.8 Å². The van der Waals surface area contributed by atoms with E-state index in [9.17, 15) is 4.79 Å². The molecule has 0 heterocycles. The minimum atomic E-state index is -0.310. The Morgan fingerprint density at radius 2 is 1.90 bits per heavy atom. The third-order valence-corrected chi connectivity index (χ3v) is 4.58. The molecule has 0 radical (unpaired) electrons. The molecule has 0 aliphatic heterocycles. The standard InChI is InChI=1S/C16H26N2OS/c1-5-16(17,6-2)11-18-15(19)13-9-7-8-10-14(13)20-12(3)4/h7-10,12H,5-6,11,17H2,1-4H3,(H,18,19). The molecule has 20 heavy (non-hydrogen) atoms. The van der Waals surface area contributed by atoms with Crippen molar-refractivity contribution in [1.82, 2.24) is 5.32 Å². The Labute approximate surface area is 126 Å². The first-order valence-electron chi connectivity index (χ1n) is 7.24. The highest BCUT2D eigenvalue weighted by Crippen LogP contribution is 2.26. The first kappa shape index (κ1) is 17.1. The lowest BCUT2D eigenvalue weighted by molar-refractivity contribution is 0.0939. The average Bonchev–Trinajstić information content (AvgIpc) is 2.44. The van der Waals surface area contributed by atoms with Crippen molar-refractivity contribution in [2.75, 3.05) is 6.54 Å². The second-order valence-corrected chi connectivity index (χ2v) is 7.03. The van der Waals surface area contributed by atoms with Gasteiger partial charge in [-0.2, -0.15) is 0 Å². The summed E-state index contributed by atoms with van der Waals surface area (Å²) in [6, 6.07) is 7.73. The fourth-order valence-corrected chi connectivity index (χ4v) is 2.82. The molecule has 1 amide bonds. The second-order valence-electron chi connectivity index (χ2n) is 5.41. The van der Waals surface area contributed by atoms with Gasteiger partial charge in [-0.05, 0) is 25.0 Å². The van der Waals surface area contributed by atoms with Gasteiger partial charge in [0.05, 0.1) is 5.56 Å². The predicted molar refractivity (Wildman–Crippen MR) is 87.3 cm³/mol. The van der Waals surface area contributed by atoms with Gasteiger partial charge >= 0.3 is 0 Å². The third-order valence-electron chi connectivity index (χ3n) is 3.50. The van der Waals surface area contributed by atoms with E-state index in [1.807, 2.05) is 24.3 Å². The van der Waals surface area contributed by atoms with Gasteiger partial charge in [-0.3, -0.25) is 4.79 Å². The number of thioether (sulfide) groups is 1. The number of carbonyl (C=O) groups excluding carboxylic acids is 1. The second kappa shape index (κ2) is 7.70. The lowest BCUT2D eigenvalue weighted by Gasteiger charge is -2.27. The van der Waals surface area contributed by atoms with E-state index >= 15 is 0 Å². The molecule has 0 saturated heterocycles. The van der Waals surface area contributed by atoms with Crippen LogP contribution in [-0.4, -0.2) is 23.2 Å². The van der Waals surface area contributed by atoms with Gasteiger partial charge in [0, 0.05) is 22.2 Å². The highest BCUT2D eigenvalue weighted by Gasteiger charge is 2.22. The Hall–Kier alpha value is -1.00. The highest BCUT2D eigenvalue weighted by molar-refractivity contribution is 8.00. The van der Waals surface area contributed by atoms with Crippen LogP contribution in [0.15, 0.2) is 29.2 Å². The van der Waals surface area contributed by atoms with E-state index in [-0.39, 0.29) is 11.4 Å². The van der Waals surface area contributed by atoms with E-state index in [0.717, 1.165) is 23.3 Å². The fraction of sp³-hybridized carbons (Fsp3) is 0.562. The van der Waals surface area contributed by atoms with E-state index in [4.69, 9.17) is 5.73 Å². The van der Waals surface area contributed by atoms with Crippen molar-refractivity contribution in [3.63, 3.8) is 0 Å². The Morgan fingerprint density at radius 3 is 2.45 bits per heavy atom. The monoisotopic (exact) mass is 294 g/mol. The molecule has 4 heteroatoms. The van der Waals surface area contributed by atoms with Crippen LogP contribution in [0.25, 0.3) is 0 Å². The molecule has 3 N–H and O–H groups in total. The average molecular weight is 294 g/mol. The van der Waals surface area contributed by atoms with E-state index in [1.165, 1.54) is 0 Å². The lowest BCUT2D eigenvalue weighted by atomic mass is 9.94. The zero-order valence-corrected chi connectivity index (χ0v) is 13.7. The Morgan fingerprint density at radius 1 is 1.30 bits per heavy atom. The van der Waals surface area contributed by atoms with E-state index < -0.39 is 0 Å². The number of nitrogens with one attached hydrogen (secondary N) is 1. The molecule has 1 rings (SSSR count). The molecule has 0 spiro atoms. The molecule has 0 bridgehead atoms. The normalized spacial score (nSPS) is 11.7. The quantitative estimate of drug-likeness (QED) is 0.757. The maximum absolute atomic E-state index is 12.3. The number of hydrogen-bond donors (Lipinski definition) is 2. The maximum atomic E-state index is 12.3. The molecule has 0 aliphatic carbocycles. The zero-order chi connectivity index (χ0) is 15.2. The number of hydrogen-bond acceptors (Lipinski definition) is 3. The Kier molecular flexibility index (Phi) is 6.56. The first-order valence-corrected chi connectivity index (χ1v) is 8.12. The topological polar surface area (TPSA) is 55.1 Å². The molecule has 0 saturated carbocycles. The molecule has 0 atom stereocenters. The molecule has 0 aliphatic rings. The molecule has 3 nitrogen and oxygen atoms in total. The minimum Gasteiger partial charge on any atom is -0.350 e. The first-order chi connectivity index (χ1) is 9.41. The van der Waals surface area contributed by atoms with Crippen LogP contribution in [0.5, 0.6) is 0 Å². The van der Waals surface area contributed by atoms with Crippen LogP contribution in [-0.2, 0) is 0 Å². The van der Waals surface area contributed by atoms with Gasteiger partial charge in [-0.1, -0.05) is 39.8 Å². The summed E-state index contributed by atoms with van der Waals surface area (Å²) >= 11 is 1.71. The predicted octanol–water partition coefficient (Wildman–Crippen LogP) is 3.43. The van der Waals surface area contributed by atoms with Crippen molar-refractivity contribution < 1.29 is 4.79 Å². The molecule has 0 aromatic heterocycles. The van der Waals surface area contributed by atoms with Gasteiger partial charge in [0.1, 0.15) is 0 Å². The zero-order valence-electron chi connectivity index (χ0n) is 12.9. The van der Waals surface area contributed by atoms with Crippen LogP contribution in [0.1, 0.15) is 50.9 Å². The molecule has 0 fully saturated rings. The number of carbonyl (C=O) groups is 1. The van der Waals surface area contributed by atoms with Crippen molar-refractivity contribution in [2.24, 2.45) is 5.73 Å². The molecule has 1 aromatic rings. The number of rotatable bonds is 7. The van der Waals surface area contributed by atoms with Crippen molar-refractivity contribution in [3.8, 4) is 0 Å².